The van der Waals surface area contributed by atoms with Gasteiger partial charge in [0.2, 0.25) is 0 Å². The van der Waals surface area contributed by atoms with Crippen molar-refractivity contribution in [3.63, 3.8) is 0 Å². The molecule has 0 bridgehead atoms. The molecule has 2 aromatic heterocycles. The van der Waals surface area contributed by atoms with Gasteiger partial charge < -0.3 is 0 Å². The molecule has 5 heteroatoms. The van der Waals surface area contributed by atoms with Crippen molar-refractivity contribution >= 4 is 15.9 Å². The Balaban J connectivity index is 2.65. The van der Waals surface area contributed by atoms with Gasteiger partial charge in [0.05, 0.1) is 21.6 Å². The lowest BCUT2D eigenvalue weighted by atomic mass is 10.4. The number of rotatable bonds is 1. The lowest BCUT2D eigenvalue weighted by molar-refractivity contribution is 0.788. The first-order valence-corrected chi connectivity index (χ1v) is 5.40. The first kappa shape index (κ1) is 10.3. The molecule has 2 heterocycles. The van der Waals surface area contributed by atoms with Crippen molar-refractivity contribution in [3.8, 4) is 5.82 Å². The Labute approximate surface area is 96.5 Å². The van der Waals surface area contributed by atoms with Crippen LogP contribution in [0.3, 0.4) is 0 Å². The van der Waals surface area contributed by atoms with Crippen molar-refractivity contribution in [3.05, 3.63) is 33.9 Å². The van der Waals surface area contributed by atoms with E-state index in [0.717, 1.165) is 27.4 Å². The van der Waals surface area contributed by atoms with Crippen LogP contribution in [0.15, 0.2) is 16.9 Å². The summed E-state index contributed by atoms with van der Waals surface area (Å²) in [5.74, 6) is 0.781. The molecule has 0 saturated heterocycles. The fraction of sp³-hybridized carbons (Fsp3) is 0.300. The SMILES string of the molecule is Cc1nccnc1-n1nc(C)c(Br)c1C. The van der Waals surface area contributed by atoms with E-state index in [1.54, 1.807) is 12.4 Å². The minimum atomic E-state index is 0.781. The summed E-state index contributed by atoms with van der Waals surface area (Å²) in [6, 6.07) is 0. The van der Waals surface area contributed by atoms with Crippen molar-refractivity contribution in [2.24, 2.45) is 0 Å². The fourth-order valence-corrected chi connectivity index (χ4v) is 1.69. The second kappa shape index (κ2) is 3.73. The van der Waals surface area contributed by atoms with E-state index in [1.165, 1.54) is 0 Å². The minimum Gasteiger partial charge on any atom is -0.256 e. The lowest BCUT2D eigenvalue weighted by Gasteiger charge is -2.04. The molecule has 0 spiro atoms. The van der Waals surface area contributed by atoms with Gasteiger partial charge >= 0.3 is 0 Å². The molecule has 0 aromatic carbocycles. The summed E-state index contributed by atoms with van der Waals surface area (Å²) in [6.07, 6.45) is 3.35. The Hall–Kier alpha value is -1.23. The van der Waals surface area contributed by atoms with E-state index in [-0.39, 0.29) is 0 Å². The predicted molar refractivity (Wildman–Crippen MR) is 61.1 cm³/mol. The molecular formula is C10H11BrN4. The molecule has 2 rings (SSSR count). The van der Waals surface area contributed by atoms with Gasteiger partial charge in [-0.1, -0.05) is 0 Å². The van der Waals surface area contributed by atoms with Crippen LogP contribution in [0.2, 0.25) is 0 Å². The van der Waals surface area contributed by atoms with Gasteiger partial charge in [-0.2, -0.15) is 5.10 Å². The Morgan fingerprint density at radius 3 is 2.27 bits per heavy atom. The maximum Gasteiger partial charge on any atom is 0.175 e. The monoisotopic (exact) mass is 266 g/mol. The summed E-state index contributed by atoms with van der Waals surface area (Å²) in [5, 5.41) is 4.41. The van der Waals surface area contributed by atoms with Gasteiger partial charge in [0.15, 0.2) is 5.82 Å². The quantitative estimate of drug-likeness (QED) is 0.796. The summed E-state index contributed by atoms with van der Waals surface area (Å²) in [7, 11) is 0. The van der Waals surface area contributed by atoms with Crippen LogP contribution in [0.1, 0.15) is 17.1 Å². The third-order valence-electron chi connectivity index (χ3n) is 2.26. The molecule has 0 aliphatic rings. The highest BCUT2D eigenvalue weighted by Crippen LogP contribution is 2.22. The summed E-state index contributed by atoms with van der Waals surface area (Å²) in [5.41, 5.74) is 2.87. The van der Waals surface area contributed by atoms with E-state index in [0.29, 0.717) is 0 Å². The molecule has 0 atom stereocenters. The zero-order valence-electron chi connectivity index (χ0n) is 8.82. The molecule has 0 radical (unpaired) electrons. The van der Waals surface area contributed by atoms with Gasteiger partial charge in [-0.15, -0.1) is 0 Å². The maximum absolute atomic E-state index is 4.41. The highest BCUT2D eigenvalue weighted by molar-refractivity contribution is 9.10. The average molecular weight is 267 g/mol. The lowest BCUT2D eigenvalue weighted by Crippen LogP contribution is -2.05. The molecular weight excluding hydrogens is 256 g/mol. The molecule has 0 unspecified atom stereocenters. The molecule has 0 N–H and O–H groups in total. The standard InChI is InChI=1S/C10H11BrN4/c1-6-9(11)8(3)15(14-6)10-7(2)12-4-5-13-10/h4-5H,1-3H3. The highest BCUT2D eigenvalue weighted by atomic mass is 79.9. The van der Waals surface area contributed by atoms with Crippen LogP contribution in [0.5, 0.6) is 0 Å². The van der Waals surface area contributed by atoms with Gasteiger partial charge in [0.1, 0.15) is 0 Å². The molecule has 15 heavy (non-hydrogen) atoms. The molecule has 0 aliphatic carbocycles. The van der Waals surface area contributed by atoms with Crippen molar-refractivity contribution in [1.82, 2.24) is 19.7 Å². The zero-order chi connectivity index (χ0) is 11.0. The van der Waals surface area contributed by atoms with Crippen LogP contribution in [0, 0.1) is 20.8 Å². The first-order chi connectivity index (χ1) is 7.11. The van der Waals surface area contributed by atoms with Crippen molar-refractivity contribution < 1.29 is 0 Å². The summed E-state index contributed by atoms with van der Waals surface area (Å²) in [4.78, 5) is 8.48. The molecule has 4 nitrogen and oxygen atoms in total. The van der Waals surface area contributed by atoms with Crippen LogP contribution in [-0.4, -0.2) is 19.7 Å². The smallest absolute Gasteiger partial charge is 0.175 e. The van der Waals surface area contributed by atoms with Crippen LogP contribution >= 0.6 is 15.9 Å². The van der Waals surface area contributed by atoms with Gasteiger partial charge in [0, 0.05) is 12.4 Å². The zero-order valence-corrected chi connectivity index (χ0v) is 10.4. The number of hydrogen-bond donors (Lipinski definition) is 0. The van der Waals surface area contributed by atoms with Crippen molar-refractivity contribution in [1.29, 1.82) is 0 Å². The van der Waals surface area contributed by atoms with Crippen molar-refractivity contribution in [2.45, 2.75) is 20.8 Å². The second-order valence-electron chi connectivity index (χ2n) is 3.36. The Bertz CT molecular complexity index is 504. The highest BCUT2D eigenvalue weighted by Gasteiger charge is 2.12. The summed E-state index contributed by atoms with van der Waals surface area (Å²) in [6.45, 7) is 5.88. The second-order valence-corrected chi connectivity index (χ2v) is 4.15. The molecule has 0 saturated carbocycles. The predicted octanol–water partition coefficient (Wildman–Crippen LogP) is 2.35. The summed E-state index contributed by atoms with van der Waals surface area (Å²) < 4.78 is 2.83. The van der Waals surface area contributed by atoms with Crippen LogP contribution in [-0.2, 0) is 0 Å². The van der Waals surface area contributed by atoms with Gasteiger partial charge in [-0.3, -0.25) is 4.98 Å². The number of aryl methyl sites for hydroxylation is 2. The molecule has 0 amide bonds. The van der Waals surface area contributed by atoms with E-state index < -0.39 is 0 Å². The Morgan fingerprint density at radius 1 is 1.07 bits per heavy atom. The number of halogens is 1. The Morgan fingerprint density at radius 2 is 1.73 bits per heavy atom. The third kappa shape index (κ3) is 1.67. The van der Waals surface area contributed by atoms with Crippen LogP contribution in [0.25, 0.3) is 5.82 Å². The number of hydrogen-bond acceptors (Lipinski definition) is 3. The van der Waals surface area contributed by atoms with E-state index in [2.05, 4.69) is 31.0 Å². The van der Waals surface area contributed by atoms with Crippen LogP contribution < -0.4 is 0 Å². The molecule has 2 aromatic rings. The molecule has 78 valence electrons. The maximum atomic E-state index is 4.41. The van der Waals surface area contributed by atoms with E-state index in [4.69, 9.17) is 0 Å². The van der Waals surface area contributed by atoms with Gasteiger partial charge in [0.25, 0.3) is 0 Å². The number of nitrogens with zero attached hydrogens (tertiary/aromatic N) is 4. The number of aromatic nitrogens is 4. The first-order valence-electron chi connectivity index (χ1n) is 4.61. The minimum absolute atomic E-state index is 0.781. The largest absolute Gasteiger partial charge is 0.256 e. The van der Waals surface area contributed by atoms with Gasteiger partial charge in [-0.05, 0) is 36.7 Å². The topological polar surface area (TPSA) is 43.6 Å². The third-order valence-corrected chi connectivity index (χ3v) is 3.41. The van der Waals surface area contributed by atoms with E-state index in [9.17, 15) is 0 Å². The van der Waals surface area contributed by atoms with Crippen molar-refractivity contribution in [2.75, 3.05) is 0 Å². The fourth-order valence-electron chi connectivity index (χ4n) is 1.44. The average Bonchev–Trinajstić information content (AvgIpc) is 2.47. The molecule has 0 aliphatic heterocycles. The summed E-state index contributed by atoms with van der Waals surface area (Å²) >= 11 is 3.49. The van der Waals surface area contributed by atoms with Gasteiger partial charge in [-0.25, -0.2) is 9.67 Å². The Kier molecular flexibility index (Phi) is 2.56. The van der Waals surface area contributed by atoms with Crippen LogP contribution in [0.4, 0.5) is 0 Å². The normalized spacial score (nSPS) is 10.7. The molecule has 0 fully saturated rings. The van der Waals surface area contributed by atoms with E-state index >= 15 is 0 Å². The van der Waals surface area contributed by atoms with E-state index in [1.807, 2.05) is 25.5 Å².